The summed E-state index contributed by atoms with van der Waals surface area (Å²) >= 11 is 1.67. The number of rotatable bonds is 4. The average molecular weight is 299 g/mol. The molecule has 2 aliphatic heterocycles. The Hall–Kier alpha value is -0.750. The molecule has 2 N–H and O–H groups in total. The lowest BCUT2D eigenvalue weighted by molar-refractivity contribution is -0.138. The van der Waals surface area contributed by atoms with Gasteiger partial charge in [0.1, 0.15) is 6.04 Å². The summed E-state index contributed by atoms with van der Waals surface area (Å²) in [5.41, 5.74) is 0. The van der Waals surface area contributed by atoms with E-state index in [1.807, 2.05) is 6.92 Å². The van der Waals surface area contributed by atoms with Crippen LogP contribution < -0.4 is 10.6 Å². The number of hydrogen-bond donors (Lipinski definition) is 2. The lowest BCUT2D eigenvalue weighted by Gasteiger charge is -2.31. The smallest absolute Gasteiger partial charge is 0.243 e. The van der Waals surface area contributed by atoms with Crippen LogP contribution >= 0.6 is 11.8 Å². The highest BCUT2D eigenvalue weighted by molar-refractivity contribution is 7.99. The quantitative estimate of drug-likeness (QED) is 0.811. The van der Waals surface area contributed by atoms with E-state index >= 15 is 0 Å². The Bertz CT molecular complexity index is 364. The number of piperidine rings is 1. The summed E-state index contributed by atoms with van der Waals surface area (Å²) in [6.45, 7) is 5.08. The molecule has 0 aromatic carbocycles. The molecule has 0 saturated carbocycles. The maximum absolute atomic E-state index is 12.4. The summed E-state index contributed by atoms with van der Waals surface area (Å²) in [7, 11) is 0. The number of hydrogen-bond acceptors (Lipinski definition) is 4. The van der Waals surface area contributed by atoms with Gasteiger partial charge in [0.25, 0.3) is 0 Å². The van der Waals surface area contributed by atoms with Crippen LogP contribution in [0.4, 0.5) is 0 Å². The van der Waals surface area contributed by atoms with Crippen LogP contribution in [0.1, 0.15) is 39.5 Å². The minimum absolute atomic E-state index is 0.0264. The van der Waals surface area contributed by atoms with Gasteiger partial charge in [0.05, 0.1) is 5.88 Å². The summed E-state index contributed by atoms with van der Waals surface area (Å²) in [6.07, 6.45) is 3.31. The molecule has 2 heterocycles. The van der Waals surface area contributed by atoms with Gasteiger partial charge < -0.3 is 15.5 Å². The lowest BCUT2D eigenvalue weighted by atomic mass is 10.0. The summed E-state index contributed by atoms with van der Waals surface area (Å²) in [5.74, 6) is 1.51. The zero-order valence-corrected chi connectivity index (χ0v) is 13.2. The first kappa shape index (κ1) is 15.6. The van der Waals surface area contributed by atoms with E-state index in [-0.39, 0.29) is 23.9 Å². The molecule has 6 heteroatoms. The van der Waals surface area contributed by atoms with Crippen LogP contribution in [0, 0.1) is 0 Å². The summed E-state index contributed by atoms with van der Waals surface area (Å²) < 4.78 is 0. The van der Waals surface area contributed by atoms with Crippen molar-refractivity contribution in [2.45, 2.75) is 57.7 Å². The summed E-state index contributed by atoms with van der Waals surface area (Å²) in [4.78, 5) is 26.2. The van der Waals surface area contributed by atoms with Crippen LogP contribution in [0.15, 0.2) is 0 Å². The monoisotopic (exact) mass is 299 g/mol. The van der Waals surface area contributed by atoms with Crippen molar-refractivity contribution in [2.75, 3.05) is 18.2 Å². The highest BCUT2D eigenvalue weighted by Gasteiger charge is 2.35. The molecule has 0 aliphatic carbocycles. The fourth-order valence-corrected chi connectivity index (χ4v) is 4.00. The zero-order chi connectivity index (χ0) is 14.5. The van der Waals surface area contributed by atoms with Crippen molar-refractivity contribution in [3.8, 4) is 0 Å². The predicted molar refractivity (Wildman–Crippen MR) is 81.5 cm³/mol. The molecule has 2 saturated heterocycles. The third-order valence-corrected chi connectivity index (χ3v) is 4.95. The Morgan fingerprint density at radius 1 is 1.45 bits per heavy atom. The number of carbonyl (C=O) groups excluding carboxylic acids is 2. The Balaban J connectivity index is 1.89. The molecule has 3 unspecified atom stereocenters. The molecule has 0 aromatic rings. The van der Waals surface area contributed by atoms with Crippen molar-refractivity contribution in [3.63, 3.8) is 0 Å². The topological polar surface area (TPSA) is 61.4 Å². The van der Waals surface area contributed by atoms with Crippen LogP contribution in [-0.2, 0) is 9.59 Å². The molecule has 0 spiro atoms. The molecule has 0 radical (unpaired) electrons. The van der Waals surface area contributed by atoms with Crippen LogP contribution in [0.25, 0.3) is 0 Å². The third-order valence-electron chi connectivity index (χ3n) is 3.94. The Morgan fingerprint density at radius 3 is 2.95 bits per heavy atom. The molecular formula is C14H25N3O2S. The van der Waals surface area contributed by atoms with E-state index in [2.05, 4.69) is 17.6 Å². The maximum Gasteiger partial charge on any atom is 0.243 e. The SMILES string of the molecule is CCCC(=O)N1CSCC1C(=O)NC1CCNC(C)C1. The van der Waals surface area contributed by atoms with E-state index in [4.69, 9.17) is 0 Å². The van der Waals surface area contributed by atoms with Gasteiger partial charge in [0.2, 0.25) is 11.8 Å². The molecule has 3 atom stereocenters. The van der Waals surface area contributed by atoms with E-state index in [1.165, 1.54) is 0 Å². The largest absolute Gasteiger partial charge is 0.351 e. The molecule has 0 aromatic heterocycles. The second kappa shape index (κ2) is 7.31. The first-order valence-corrected chi connectivity index (χ1v) is 8.68. The highest BCUT2D eigenvalue weighted by atomic mass is 32.2. The third kappa shape index (κ3) is 3.88. The van der Waals surface area contributed by atoms with Gasteiger partial charge in [-0.05, 0) is 32.7 Å². The van der Waals surface area contributed by atoms with Gasteiger partial charge in [-0.15, -0.1) is 11.8 Å². The van der Waals surface area contributed by atoms with Gasteiger partial charge >= 0.3 is 0 Å². The molecule has 114 valence electrons. The zero-order valence-electron chi connectivity index (χ0n) is 12.4. The number of carbonyl (C=O) groups is 2. The minimum atomic E-state index is -0.274. The van der Waals surface area contributed by atoms with Gasteiger partial charge in [-0.1, -0.05) is 6.92 Å². The van der Waals surface area contributed by atoms with Crippen LogP contribution in [0.3, 0.4) is 0 Å². The normalized spacial score (nSPS) is 30.3. The van der Waals surface area contributed by atoms with Crippen LogP contribution in [0.2, 0.25) is 0 Å². The number of thioether (sulfide) groups is 1. The van der Waals surface area contributed by atoms with Gasteiger partial charge in [0.15, 0.2) is 0 Å². The summed E-state index contributed by atoms with van der Waals surface area (Å²) in [5, 5.41) is 6.51. The standard InChI is InChI=1S/C14H25N3O2S/c1-3-4-13(18)17-9-20-8-12(17)14(19)16-11-5-6-15-10(2)7-11/h10-12,15H,3-9H2,1-2H3,(H,16,19). The Labute approximate surface area is 125 Å². The Kier molecular flexibility index (Phi) is 5.72. The Morgan fingerprint density at radius 2 is 2.25 bits per heavy atom. The predicted octanol–water partition coefficient (Wildman–Crippen LogP) is 0.945. The van der Waals surface area contributed by atoms with Gasteiger partial charge in [0, 0.05) is 24.3 Å². The second-order valence-electron chi connectivity index (χ2n) is 5.71. The van der Waals surface area contributed by atoms with Crippen LogP contribution in [-0.4, -0.2) is 53.0 Å². The molecule has 0 bridgehead atoms. The van der Waals surface area contributed by atoms with Crippen molar-refractivity contribution < 1.29 is 9.59 Å². The average Bonchev–Trinajstić information content (AvgIpc) is 2.88. The number of nitrogens with zero attached hydrogens (tertiary/aromatic N) is 1. The van der Waals surface area contributed by atoms with E-state index < -0.39 is 0 Å². The van der Waals surface area contributed by atoms with Crippen molar-refractivity contribution in [1.29, 1.82) is 0 Å². The van der Waals surface area contributed by atoms with Crippen LogP contribution in [0.5, 0.6) is 0 Å². The molecular weight excluding hydrogens is 274 g/mol. The fraction of sp³-hybridized carbons (Fsp3) is 0.857. The summed E-state index contributed by atoms with van der Waals surface area (Å²) in [6, 6.07) is 0.418. The van der Waals surface area contributed by atoms with Crippen molar-refractivity contribution in [3.05, 3.63) is 0 Å². The van der Waals surface area contributed by atoms with Crippen molar-refractivity contribution in [1.82, 2.24) is 15.5 Å². The highest BCUT2D eigenvalue weighted by Crippen LogP contribution is 2.22. The molecule has 5 nitrogen and oxygen atoms in total. The van der Waals surface area contributed by atoms with E-state index in [0.29, 0.717) is 18.3 Å². The molecule has 20 heavy (non-hydrogen) atoms. The molecule has 2 rings (SSSR count). The van der Waals surface area contributed by atoms with Gasteiger partial charge in [-0.25, -0.2) is 0 Å². The van der Waals surface area contributed by atoms with E-state index in [9.17, 15) is 9.59 Å². The minimum Gasteiger partial charge on any atom is -0.351 e. The lowest BCUT2D eigenvalue weighted by Crippen LogP contribution is -2.53. The van der Waals surface area contributed by atoms with E-state index in [1.54, 1.807) is 16.7 Å². The first-order chi connectivity index (χ1) is 9.61. The first-order valence-electron chi connectivity index (χ1n) is 7.52. The second-order valence-corrected chi connectivity index (χ2v) is 6.71. The fourth-order valence-electron chi connectivity index (χ4n) is 2.82. The number of amides is 2. The molecule has 2 fully saturated rings. The molecule has 2 amide bonds. The van der Waals surface area contributed by atoms with Gasteiger partial charge in [-0.3, -0.25) is 9.59 Å². The van der Waals surface area contributed by atoms with Gasteiger partial charge in [-0.2, -0.15) is 0 Å². The van der Waals surface area contributed by atoms with Crippen molar-refractivity contribution >= 4 is 23.6 Å². The maximum atomic E-state index is 12.4. The van der Waals surface area contributed by atoms with Crippen molar-refractivity contribution in [2.24, 2.45) is 0 Å². The number of nitrogens with one attached hydrogen (secondary N) is 2. The van der Waals surface area contributed by atoms with E-state index in [0.717, 1.165) is 31.6 Å². The molecule has 2 aliphatic rings.